The first-order chi connectivity index (χ1) is 20.6. The summed E-state index contributed by atoms with van der Waals surface area (Å²) >= 11 is 19.4. The molecule has 1 amide bonds. The molecule has 0 unspecified atom stereocenters. The third kappa shape index (κ3) is 8.43. The van der Waals surface area contributed by atoms with E-state index in [0.717, 1.165) is 23.2 Å². The zero-order chi connectivity index (χ0) is 31.1. The summed E-state index contributed by atoms with van der Waals surface area (Å²) in [6, 6.07) is 15.4. The van der Waals surface area contributed by atoms with Gasteiger partial charge in [-0.3, -0.25) is 9.69 Å². The molecule has 1 heterocycles. The van der Waals surface area contributed by atoms with E-state index >= 15 is 0 Å². The van der Waals surface area contributed by atoms with Crippen molar-refractivity contribution in [3.8, 4) is 28.4 Å². The average molecular weight is 662 g/mol. The van der Waals surface area contributed by atoms with Crippen LogP contribution in [-0.2, 0) is 4.79 Å². The van der Waals surface area contributed by atoms with Crippen LogP contribution in [0, 0.1) is 0 Å². The van der Waals surface area contributed by atoms with E-state index in [-0.39, 0.29) is 18.1 Å². The standard InChI is InChI=1S/C31H30Cl2N2O6S2/c1-34(2)12-14-41-25-9-5-19(23-8-7-22(32)18-24(23)33)15-21(25)17-28-29(36)35(31(42)43-28)11-4-13-40-26-10-6-20(30(37)38)16-27(26)39-3/h5-10,15-18H,4,11-14H2,1-3H3,(H,37,38)/b28-17-. The zero-order valence-corrected chi connectivity index (χ0v) is 26.9. The van der Waals surface area contributed by atoms with Gasteiger partial charge in [0.25, 0.3) is 5.91 Å². The topological polar surface area (TPSA) is 88.5 Å². The summed E-state index contributed by atoms with van der Waals surface area (Å²) in [5, 5.41) is 10.2. The van der Waals surface area contributed by atoms with Crippen LogP contribution in [-0.4, -0.2) is 78.6 Å². The highest BCUT2D eigenvalue weighted by molar-refractivity contribution is 8.26. The lowest BCUT2D eigenvalue weighted by Gasteiger charge is -2.16. The van der Waals surface area contributed by atoms with Crippen LogP contribution in [0.15, 0.2) is 59.5 Å². The number of aromatic carboxylic acids is 1. The van der Waals surface area contributed by atoms with Crippen molar-refractivity contribution in [2.75, 3.05) is 47.5 Å². The molecule has 8 nitrogen and oxygen atoms in total. The van der Waals surface area contributed by atoms with Gasteiger partial charge in [0.2, 0.25) is 0 Å². The number of hydrogen-bond donors (Lipinski definition) is 1. The highest BCUT2D eigenvalue weighted by Crippen LogP contribution is 2.38. The number of thioether (sulfide) groups is 1. The monoisotopic (exact) mass is 660 g/mol. The summed E-state index contributed by atoms with van der Waals surface area (Å²) in [5.74, 6) is 0.115. The third-order valence-corrected chi connectivity index (χ3v) is 8.33. The minimum Gasteiger partial charge on any atom is -0.493 e. The first kappa shape index (κ1) is 32.6. The van der Waals surface area contributed by atoms with E-state index in [0.29, 0.717) is 56.1 Å². The van der Waals surface area contributed by atoms with Gasteiger partial charge in [0.05, 0.1) is 24.2 Å². The molecule has 0 bridgehead atoms. The van der Waals surface area contributed by atoms with Gasteiger partial charge in [-0.1, -0.05) is 59.3 Å². The molecule has 43 heavy (non-hydrogen) atoms. The molecular weight excluding hydrogens is 631 g/mol. The molecule has 0 atom stereocenters. The molecule has 1 N–H and O–H groups in total. The molecule has 0 aromatic heterocycles. The molecule has 1 fully saturated rings. The average Bonchev–Trinajstić information content (AvgIpc) is 3.23. The number of halogens is 2. The smallest absolute Gasteiger partial charge is 0.335 e. The highest BCUT2D eigenvalue weighted by atomic mass is 35.5. The number of nitrogens with zero attached hydrogens (tertiary/aromatic N) is 2. The second-order valence-corrected chi connectivity index (χ2v) is 12.3. The largest absolute Gasteiger partial charge is 0.493 e. The van der Waals surface area contributed by atoms with Crippen molar-refractivity contribution < 1.29 is 28.9 Å². The van der Waals surface area contributed by atoms with Gasteiger partial charge in [0, 0.05) is 34.3 Å². The Morgan fingerprint density at radius 3 is 2.47 bits per heavy atom. The molecule has 0 saturated carbocycles. The molecule has 1 aliphatic heterocycles. The second-order valence-electron chi connectivity index (χ2n) is 9.73. The number of carboxylic acids is 1. The molecule has 0 radical (unpaired) electrons. The van der Waals surface area contributed by atoms with Crippen molar-refractivity contribution in [1.29, 1.82) is 0 Å². The molecule has 0 spiro atoms. The Labute approximate surface area is 270 Å². The molecule has 4 rings (SSSR count). The molecule has 1 saturated heterocycles. The van der Waals surface area contributed by atoms with Crippen LogP contribution in [0.5, 0.6) is 17.2 Å². The lowest BCUT2D eigenvalue weighted by molar-refractivity contribution is -0.122. The van der Waals surface area contributed by atoms with Gasteiger partial charge in [-0.2, -0.15) is 0 Å². The zero-order valence-electron chi connectivity index (χ0n) is 23.8. The lowest BCUT2D eigenvalue weighted by Crippen LogP contribution is -2.30. The molecule has 3 aromatic carbocycles. The summed E-state index contributed by atoms with van der Waals surface area (Å²) in [7, 11) is 5.38. The Balaban J connectivity index is 1.49. The van der Waals surface area contributed by atoms with Crippen molar-refractivity contribution >= 4 is 69.5 Å². The number of amides is 1. The first-order valence-electron chi connectivity index (χ1n) is 13.2. The van der Waals surface area contributed by atoms with Gasteiger partial charge >= 0.3 is 5.97 Å². The highest BCUT2D eigenvalue weighted by Gasteiger charge is 2.32. The summed E-state index contributed by atoms with van der Waals surface area (Å²) in [5.41, 5.74) is 2.49. The molecule has 1 aliphatic rings. The van der Waals surface area contributed by atoms with E-state index in [4.69, 9.17) is 49.6 Å². The quantitative estimate of drug-likeness (QED) is 0.118. The number of benzene rings is 3. The Morgan fingerprint density at radius 1 is 1.02 bits per heavy atom. The Morgan fingerprint density at radius 2 is 1.77 bits per heavy atom. The van der Waals surface area contributed by atoms with Crippen LogP contribution >= 0.6 is 47.2 Å². The fourth-order valence-corrected chi connectivity index (χ4v) is 6.00. The van der Waals surface area contributed by atoms with Crippen LogP contribution in [0.25, 0.3) is 17.2 Å². The molecule has 3 aromatic rings. The Bertz CT molecular complexity index is 1560. The summed E-state index contributed by atoms with van der Waals surface area (Å²) in [6.07, 6.45) is 2.29. The number of rotatable bonds is 13. The predicted molar refractivity (Wildman–Crippen MR) is 176 cm³/mol. The van der Waals surface area contributed by atoms with Gasteiger partial charge in [-0.05, 0) is 74.6 Å². The maximum atomic E-state index is 13.4. The van der Waals surface area contributed by atoms with Crippen molar-refractivity contribution in [1.82, 2.24) is 9.80 Å². The minimum absolute atomic E-state index is 0.0987. The number of carbonyl (C=O) groups is 2. The fourth-order valence-electron chi connectivity index (χ4n) is 4.18. The first-order valence-corrected chi connectivity index (χ1v) is 15.2. The molecule has 12 heteroatoms. The maximum Gasteiger partial charge on any atom is 0.335 e. The minimum atomic E-state index is -1.06. The van der Waals surface area contributed by atoms with E-state index in [2.05, 4.69) is 0 Å². The number of carbonyl (C=O) groups excluding carboxylic acids is 1. The number of hydrogen-bond acceptors (Lipinski definition) is 8. The SMILES string of the molecule is COc1cc(C(=O)O)ccc1OCCCN1C(=O)/C(=C/c2cc(-c3ccc(Cl)cc3Cl)ccc2OCCN(C)C)SC1=S. The van der Waals surface area contributed by atoms with Crippen LogP contribution in [0.2, 0.25) is 10.0 Å². The van der Waals surface area contributed by atoms with Crippen LogP contribution in [0.1, 0.15) is 22.3 Å². The van der Waals surface area contributed by atoms with E-state index in [1.54, 1.807) is 29.2 Å². The van der Waals surface area contributed by atoms with Crippen LogP contribution in [0.4, 0.5) is 0 Å². The lowest BCUT2D eigenvalue weighted by atomic mass is 10.0. The van der Waals surface area contributed by atoms with Gasteiger partial charge in [0.15, 0.2) is 11.5 Å². The van der Waals surface area contributed by atoms with Crippen LogP contribution < -0.4 is 14.2 Å². The normalized spacial score (nSPS) is 14.1. The summed E-state index contributed by atoms with van der Waals surface area (Å²) in [4.78, 5) is 28.7. The van der Waals surface area contributed by atoms with Crippen molar-refractivity contribution in [3.63, 3.8) is 0 Å². The van der Waals surface area contributed by atoms with Crippen LogP contribution in [0.3, 0.4) is 0 Å². The molecule has 0 aliphatic carbocycles. The number of likely N-dealkylation sites (N-methyl/N-ethyl adjacent to an activating group) is 1. The van der Waals surface area contributed by atoms with Gasteiger partial charge in [-0.15, -0.1) is 0 Å². The number of carboxylic acid groups (broad SMARTS) is 1. The van der Waals surface area contributed by atoms with Gasteiger partial charge in [0.1, 0.15) is 16.7 Å². The molecule has 226 valence electrons. The predicted octanol–water partition coefficient (Wildman–Crippen LogP) is 6.98. The number of methoxy groups -OCH3 is 1. The van der Waals surface area contributed by atoms with E-state index in [1.165, 1.54) is 31.0 Å². The summed E-state index contributed by atoms with van der Waals surface area (Å²) < 4.78 is 17.6. The Hall–Kier alpha value is -3.28. The van der Waals surface area contributed by atoms with Gasteiger partial charge < -0.3 is 24.2 Å². The van der Waals surface area contributed by atoms with Crippen molar-refractivity contribution in [2.24, 2.45) is 0 Å². The van der Waals surface area contributed by atoms with E-state index in [9.17, 15) is 14.7 Å². The third-order valence-electron chi connectivity index (χ3n) is 6.40. The van der Waals surface area contributed by atoms with Crippen molar-refractivity contribution in [2.45, 2.75) is 6.42 Å². The molecular formula is C31H30Cl2N2O6S2. The van der Waals surface area contributed by atoms with E-state index < -0.39 is 5.97 Å². The second kappa shape index (κ2) is 14.9. The fraction of sp³-hybridized carbons (Fsp3) is 0.258. The number of thiocarbonyl (C=S) groups is 1. The van der Waals surface area contributed by atoms with Gasteiger partial charge in [-0.25, -0.2) is 4.79 Å². The van der Waals surface area contributed by atoms with E-state index in [1.807, 2.05) is 43.3 Å². The maximum absolute atomic E-state index is 13.4. The number of ether oxygens (including phenoxy) is 3. The summed E-state index contributed by atoms with van der Waals surface area (Å²) in [6.45, 7) is 1.82. The van der Waals surface area contributed by atoms with Crippen molar-refractivity contribution in [3.05, 3.63) is 80.7 Å². The Kier molecular flexibility index (Phi) is 11.3.